The van der Waals surface area contributed by atoms with Crippen LogP contribution in [0.4, 0.5) is 0 Å². The highest BCUT2D eigenvalue weighted by Gasteiger charge is 2.28. The van der Waals surface area contributed by atoms with Crippen LogP contribution >= 0.6 is 11.3 Å². The molecular formula is C18H18N2O3S. The van der Waals surface area contributed by atoms with Gasteiger partial charge in [0.2, 0.25) is 0 Å². The van der Waals surface area contributed by atoms with Gasteiger partial charge in [0.1, 0.15) is 11.3 Å². The van der Waals surface area contributed by atoms with Crippen LogP contribution in [0.25, 0.3) is 21.6 Å². The van der Waals surface area contributed by atoms with E-state index in [4.69, 9.17) is 9.72 Å². The number of nitrogens with zero attached hydrogens (tertiary/aromatic N) is 1. The van der Waals surface area contributed by atoms with Crippen molar-refractivity contribution >= 4 is 28.3 Å². The molecule has 5 nitrogen and oxygen atoms in total. The predicted octanol–water partition coefficient (Wildman–Crippen LogP) is 4.05. The first-order valence-electron chi connectivity index (χ1n) is 8.18. The van der Waals surface area contributed by atoms with Crippen LogP contribution in [0.2, 0.25) is 0 Å². The molecule has 24 heavy (non-hydrogen) atoms. The number of aryl methyl sites for hydroxylation is 1. The third-order valence-electron chi connectivity index (χ3n) is 4.44. The summed E-state index contributed by atoms with van der Waals surface area (Å²) in [7, 11) is 0. The van der Waals surface area contributed by atoms with Crippen LogP contribution in [0, 0.1) is 0 Å². The molecule has 0 saturated heterocycles. The topological polar surface area (TPSA) is 75.2 Å². The van der Waals surface area contributed by atoms with Gasteiger partial charge < -0.3 is 14.8 Å². The minimum absolute atomic E-state index is 0.0800. The lowest BCUT2D eigenvalue weighted by molar-refractivity contribution is 0.0526. The number of hydrogen-bond acceptors (Lipinski definition) is 5. The van der Waals surface area contributed by atoms with Gasteiger partial charge in [0, 0.05) is 5.69 Å². The number of hydrogen-bond donors (Lipinski definition) is 2. The first-order chi connectivity index (χ1) is 11.7. The molecule has 0 aromatic carbocycles. The van der Waals surface area contributed by atoms with E-state index >= 15 is 0 Å². The molecule has 0 saturated carbocycles. The molecule has 0 spiro atoms. The summed E-state index contributed by atoms with van der Waals surface area (Å²) in [6, 6.07) is 3.86. The maximum absolute atomic E-state index is 12.6. The van der Waals surface area contributed by atoms with Gasteiger partial charge in [-0.15, -0.1) is 11.3 Å². The minimum Gasteiger partial charge on any atom is -0.505 e. The van der Waals surface area contributed by atoms with Crippen LogP contribution in [0.3, 0.4) is 0 Å². The molecule has 124 valence electrons. The van der Waals surface area contributed by atoms with E-state index in [1.54, 1.807) is 6.92 Å². The minimum atomic E-state index is -0.380. The molecule has 0 fully saturated rings. The zero-order valence-electron chi connectivity index (χ0n) is 13.4. The highest BCUT2D eigenvalue weighted by atomic mass is 32.1. The van der Waals surface area contributed by atoms with E-state index in [1.165, 1.54) is 11.3 Å². The predicted molar refractivity (Wildman–Crippen MR) is 93.7 cm³/mol. The average Bonchev–Trinajstić information content (AvgIpc) is 3.21. The van der Waals surface area contributed by atoms with Crippen LogP contribution < -0.4 is 0 Å². The van der Waals surface area contributed by atoms with Crippen molar-refractivity contribution in [1.82, 2.24) is 9.97 Å². The smallest absolute Gasteiger partial charge is 0.339 e. The summed E-state index contributed by atoms with van der Waals surface area (Å²) in [5, 5.41) is 13.2. The molecule has 0 radical (unpaired) electrons. The second kappa shape index (κ2) is 5.94. The van der Waals surface area contributed by atoms with Gasteiger partial charge in [-0.1, -0.05) is 6.07 Å². The summed E-state index contributed by atoms with van der Waals surface area (Å²) >= 11 is 1.53. The maximum Gasteiger partial charge on any atom is 0.339 e. The van der Waals surface area contributed by atoms with Gasteiger partial charge >= 0.3 is 5.97 Å². The zero-order chi connectivity index (χ0) is 16.7. The van der Waals surface area contributed by atoms with Crippen molar-refractivity contribution in [2.75, 3.05) is 6.61 Å². The molecule has 3 heterocycles. The Kier molecular flexibility index (Phi) is 3.76. The number of H-pyrrole nitrogens is 1. The standard InChI is InChI=1S/C18H18N2O3S/c1-2-23-18(22)13-10-6-3-4-7-11(10)19-17-14(13)16(21)15(20-17)12-8-5-9-24-12/h5,8-9,21H,2-4,6-7H2,1H3,(H,19,20). The quantitative estimate of drug-likeness (QED) is 0.704. The number of aromatic hydroxyl groups is 1. The number of carbonyl (C=O) groups excluding carboxylic acids is 1. The van der Waals surface area contributed by atoms with E-state index in [-0.39, 0.29) is 11.7 Å². The van der Waals surface area contributed by atoms with Crippen molar-refractivity contribution in [3.63, 3.8) is 0 Å². The van der Waals surface area contributed by atoms with E-state index in [0.717, 1.165) is 41.8 Å². The number of nitrogens with one attached hydrogen (secondary N) is 1. The molecule has 0 aliphatic heterocycles. The Balaban J connectivity index is 2.02. The van der Waals surface area contributed by atoms with Crippen molar-refractivity contribution in [2.24, 2.45) is 0 Å². The van der Waals surface area contributed by atoms with E-state index in [2.05, 4.69) is 4.98 Å². The zero-order valence-corrected chi connectivity index (χ0v) is 14.2. The summed E-state index contributed by atoms with van der Waals surface area (Å²) in [4.78, 5) is 21.4. The van der Waals surface area contributed by atoms with Crippen molar-refractivity contribution < 1.29 is 14.6 Å². The monoisotopic (exact) mass is 342 g/mol. The molecular weight excluding hydrogens is 324 g/mol. The normalized spacial score (nSPS) is 13.9. The van der Waals surface area contributed by atoms with Crippen molar-refractivity contribution in [1.29, 1.82) is 0 Å². The Morgan fingerprint density at radius 2 is 2.25 bits per heavy atom. The highest BCUT2D eigenvalue weighted by molar-refractivity contribution is 7.13. The van der Waals surface area contributed by atoms with E-state index in [9.17, 15) is 9.90 Å². The largest absolute Gasteiger partial charge is 0.505 e. The number of ether oxygens (including phenoxy) is 1. The van der Waals surface area contributed by atoms with Crippen LogP contribution in [0.15, 0.2) is 17.5 Å². The molecule has 6 heteroatoms. The summed E-state index contributed by atoms with van der Waals surface area (Å²) in [5.41, 5.74) is 3.52. The fourth-order valence-electron chi connectivity index (χ4n) is 3.39. The van der Waals surface area contributed by atoms with E-state index in [1.807, 2.05) is 17.5 Å². The summed E-state index contributed by atoms with van der Waals surface area (Å²) in [5.74, 6) is -0.300. The summed E-state index contributed by atoms with van der Waals surface area (Å²) in [6.45, 7) is 2.09. The molecule has 0 amide bonds. The first-order valence-corrected chi connectivity index (χ1v) is 9.06. The Labute approximate surface area is 143 Å². The first kappa shape index (κ1) is 15.2. The highest BCUT2D eigenvalue weighted by Crippen LogP contribution is 2.41. The fourth-order valence-corrected chi connectivity index (χ4v) is 4.12. The third-order valence-corrected chi connectivity index (χ3v) is 5.33. The second-order valence-electron chi connectivity index (χ2n) is 5.89. The summed E-state index contributed by atoms with van der Waals surface area (Å²) < 4.78 is 5.27. The maximum atomic E-state index is 12.6. The lowest BCUT2D eigenvalue weighted by Gasteiger charge is -2.18. The SMILES string of the molecule is CCOC(=O)c1c2c(nc3[nH]c(-c4cccs4)c(O)c13)CCCC2. The van der Waals surface area contributed by atoms with Crippen molar-refractivity contribution in [2.45, 2.75) is 32.6 Å². The number of aromatic amines is 1. The Bertz CT molecular complexity index is 912. The van der Waals surface area contributed by atoms with Crippen LogP contribution in [0.1, 0.15) is 41.4 Å². The number of aromatic nitrogens is 2. The lowest BCUT2D eigenvalue weighted by atomic mass is 9.90. The van der Waals surface area contributed by atoms with E-state index < -0.39 is 0 Å². The van der Waals surface area contributed by atoms with Crippen LogP contribution in [-0.2, 0) is 17.6 Å². The number of pyridine rings is 1. The molecule has 2 N–H and O–H groups in total. The van der Waals surface area contributed by atoms with Gasteiger partial charge in [-0.3, -0.25) is 0 Å². The molecule has 0 atom stereocenters. The van der Waals surface area contributed by atoms with Gasteiger partial charge in [0.05, 0.1) is 22.4 Å². The van der Waals surface area contributed by atoms with Gasteiger partial charge in [0.25, 0.3) is 0 Å². The Morgan fingerprint density at radius 1 is 1.42 bits per heavy atom. The Hall–Kier alpha value is -2.34. The average molecular weight is 342 g/mol. The van der Waals surface area contributed by atoms with Gasteiger partial charge in [-0.2, -0.15) is 0 Å². The van der Waals surface area contributed by atoms with Gasteiger partial charge in [-0.25, -0.2) is 9.78 Å². The molecule has 3 aromatic rings. The van der Waals surface area contributed by atoms with Crippen LogP contribution in [0.5, 0.6) is 5.75 Å². The third kappa shape index (κ3) is 2.29. The molecule has 0 bridgehead atoms. The molecule has 0 unspecified atom stereocenters. The van der Waals surface area contributed by atoms with Crippen molar-refractivity contribution in [3.8, 4) is 16.3 Å². The number of carbonyl (C=O) groups is 1. The number of thiophene rings is 1. The second-order valence-corrected chi connectivity index (χ2v) is 6.84. The molecule has 3 aromatic heterocycles. The number of rotatable bonds is 3. The van der Waals surface area contributed by atoms with Gasteiger partial charge in [0.15, 0.2) is 5.75 Å². The molecule has 1 aliphatic carbocycles. The Morgan fingerprint density at radius 3 is 3.00 bits per heavy atom. The number of esters is 1. The summed E-state index contributed by atoms with van der Waals surface area (Å²) in [6.07, 6.45) is 3.74. The molecule has 1 aliphatic rings. The van der Waals surface area contributed by atoms with Crippen molar-refractivity contribution in [3.05, 3.63) is 34.3 Å². The lowest BCUT2D eigenvalue weighted by Crippen LogP contribution is -2.15. The van der Waals surface area contributed by atoms with Gasteiger partial charge in [-0.05, 0) is 49.6 Å². The van der Waals surface area contributed by atoms with Crippen LogP contribution in [-0.4, -0.2) is 27.7 Å². The van der Waals surface area contributed by atoms with E-state index in [0.29, 0.717) is 28.9 Å². The molecule has 4 rings (SSSR count). The fraction of sp³-hybridized carbons (Fsp3) is 0.333. The number of fused-ring (bicyclic) bond motifs is 2.